The first-order chi connectivity index (χ1) is 13.4. The molecule has 0 spiro atoms. The highest BCUT2D eigenvalue weighted by atomic mass is 16.5. The van der Waals surface area contributed by atoms with Crippen molar-refractivity contribution >= 4 is 23.3 Å². The molecule has 0 unspecified atom stereocenters. The summed E-state index contributed by atoms with van der Waals surface area (Å²) < 4.78 is 10.8. The lowest BCUT2D eigenvalue weighted by molar-refractivity contribution is -0.124. The summed E-state index contributed by atoms with van der Waals surface area (Å²) in [4.78, 5) is 24.4. The van der Waals surface area contributed by atoms with Crippen molar-refractivity contribution in [3.8, 4) is 11.5 Å². The molecule has 2 aromatic carbocycles. The Hall–Kier alpha value is -3.22. The van der Waals surface area contributed by atoms with E-state index in [0.717, 1.165) is 11.3 Å². The monoisotopic (exact) mass is 383 g/mol. The number of amides is 3. The van der Waals surface area contributed by atoms with Crippen molar-refractivity contribution in [1.82, 2.24) is 5.32 Å². The summed E-state index contributed by atoms with van der Waals surface area (Å²) >= 11 is 0. The molecule has 7 nitrogen and oxygen atoms in total. The molecule has 1 aliphatic heterocycles. The van der Waals surface area contributed by atoms with E-state index in [-0.39, 0.29) is 11.9 Å². The number of carbonyl (C=O) groups is 2. The second-order valence-electron chi connectivity index (χ2n) is 7.32. The molecule has 0 aromatic heterocycles. The minimum absolute atomic E-state index is 0.118. The molecule has 0 bridgehead atoms. The Labute approximate surface area is 164 Å². The third kappa shape index (κ3) is 4.73. The van der Waals surface area contributed by atoms with Crippen molar-refractivity contribution in [2.24, 2.45) is 5.41 Å². The van der Waals surface area contributed by atoms with Gasteiger partial charge in [0.15, 0.2) is 0 Å². The highest BCUT2D eigenvalue weighted by molar-refractivity contribution is 5.98. The normalized spacial score (nSPS) is 14.8. The molecule has 0 atom stereocenters. The fourth-order valence-corrected chi connectivity index (χ4v) is 2.73. The van der Waals surface area contributed by atoms with Crippen LogP contribution < -0.4 is 25.4 Å². The molecule has 3 rings (SSSR count). The van der Waals surface area contributed by atoms with Gasteiger partial charge in [-0.3, -0.25) is 4.79 Å². The smallest absolute Gasteiger partial charge is 0.319 e. The Kier molecular flexibility index (Phi) is 5.73. The van der Waals surface area contributed by atoms with Gasteiger partial charge in [0.1, 0.15) is 18.1 Å². The van der Waals surface area contributed by atoms with Crippen LogP contribution in [0.3, 0.4) is 0 Å². The predicted molar refractivity (Wildman–Crippen MR) is 108 cm³/mol. The van der Waals surface area contributed by atoms with Crippen molar-refractivity contribution in [3.63, 3.8) is 0 Å². The number of fused-ring (bicyclic) bond motifs is 1. The SMILES string of the molecule is COc1ccc(CCNC(=O)Nc2ccc3c(c2)NC(=O)C(C)(C)CO3)cc1. The van der Waals surface area contributed by atoms with Crippen LogP contribution in [0.2, 0.25) is 0 Å². The largest absolute Gasteiger partial charge is 0.497 e. The molecule has 7 heteroatoms. The molecule has 148 valence electrons. The number of carbonyl (C=O) groups excluding carboxylic acids is 2. The van der Waals surface area contributed by atoms with Crippen LogP contribution in [-0.4, -0.2) is 32.2 Å². The van der Waals surface area contributed by atoms with E-state index in [4.69, 9.17) is 9.47 Å². The summed E-state index contributed by atoms with van der Waals surface area (Å²) in [7, 11) is 1.63. The van der Waals surface area contributed by atoms with Crippen molar-refractivity contribution in [2.45, 2.75) is 20.3 Å². The van der Waals surface area contributed by atoms with Gasteiger partial charge in [-0.05, 0) is 56.2 Å². The standard InChI is InChI=1S/C21H25N3O4/c1-21(2)13-28-18-9-6-15(12-17(18)24-19(21)25)23-20(26)22-11-10-14-4-7-16(27-3)8-5-14/h4-9,12H,10-11,13H2,1-3H3,(H,24,25)(H2,22,23,26). The average Bonchev–Trinajstić information content (AvgIpc) is 2.78. The van der Waals surface area contributed by atoms with Crippen molar-refractivity contribution < 1.29 is 19.1 Å². The Morgan fingerprint density at radius 3 is 2.68 bits per heavy atom. The van der Waals surface area contributed by atoms with Crippen LogP contribution in [0.5, 0.6) is 11.5 Å². The maximum atomic E-state index is 12.2. The molecule has 3 amide bonds. The van der Waals surface area contributed by atoms with Gasteiger partial charge in [-0.2, -0.15) is 0 Å². The summed E-state index contributed by atoms with van der Waals surface area (Å²) in [5, 5.41) is 8.45. The van der Waals surface area contributed by atoms with Crippen LogP contribution in [0, 0.1) is 5.41 Å². The van der Waals surface area contributed by atoms with Gasteiger partial charge in [-0.25, -0.2) is 4.79 Å². The number of hydrogen-bond acceptors (Lipinski definition) is 4. The van der Waals surface area contributed by atoms with E-state index >= 15 is 0 Å². The van der Waals surface area contributed by atoms with Gasteiger partial charge in [0.05, 0.1) is 18.2 Å². The third-order valence-corrected chi connectivity index (χ3v) is 4.55. The number of urea groups is 1. The van der Waals surface area contributed by atoms with Crippen LogP contribution >= 0.6 is 0 Å². The first-order valence-electron chi connectivity index (χ1n) is 9.13. The van der Waals surface area contributed by atoms with Gasteiger partial charge in [0, 0.05) is 12.2 Å². The zero-order chi connectivity index (χ0) is 20.1. The molecule has 3 N–H and O–H groups in total. The van der Waals surface area contributed by atoms with Gasteiger partial charge in [-0.15, -0.1) is 0 Å². The molecule has 1 heterocycles. The summed E-state index contributed by atoms with van der Waals surface area (Å²) in [6.07, 6.45) is 0.709. The van der Waals surface area contributed by atoms with Crippen molar-refractivity contribution in [1.29, 1.82) is 0 Å². The lowest BCUT2D eigenvalue weighted by Crippen LogP contribution is -2.33. The Morgan fingerprint density at radius 2 is 1.96 bits per heavy atom. The van der Waals surface area contributed by atoms with Gasteiger partial charge in [0.2, 0.25) is 5.91 Å². The van der Waals surface area contributed by atoms with Crippen LogP contribution in [0.1, 0.15) is 19.4 Å². The highest BCUT2D eigenvalue weighted by Gasteiger charge is 2.32. The molecular formula is C21H25N3O4. The van der Waals surface area contributed by atoms with Crippen molar-refractivity contribution in [3.05, 3.63) is 48.0 Å². The predicted octanol–water partition coefficient (Wildman–Crippen LogP) is 3.42. The number of nitrogens with one attached hydrogen (secondary N) is 3. The van der Waals surface area contributed by atoms with E-state index in [1.54, 1.807) is 25.3 Å². The minimum Gasteiger partial charge on any atom is -0.497 e. The van der Waals surface area contributed by atoms with Gasteiger partial charge in [0.25, 0.3) is 0 Å². The molecule has 0 saturated heterocycles. The first-order valence-corrected chi connectivity index (χ1v) is 9.13. The molecule has 0 radical (unpaired) electrons. The second kappa shape index (κ2) is 8.21. The zero-order valence-corrected chi connectivity index (χ0v) is 16.3. The van der Waals surface area contributed by atoms with E-state index in [0.29, 0.717) is 36.7 Å². The van der Waals surface area contributed by atoms with E-state index in [9.17, 15) is 9.59 Å². The van der Waals surface area contributed by atoms with E-state index in [2.05, 4.69) is 16.0 Å². The molecule has 28 heavy (non-hydrogen) atoms. The second-order valence-corrected chi connectivity index (χ2v) is 7.32. The van der Waals surface area contributed by atoms with Crippen molar-refractivity contribution in [2.75, 3.05) is 30.9 Å². The van der Waals surface area contributed by atoms with Crippen LogP contribution in [-0.2, 0) is 11.2 Å². The molecular weight excluding hydrogens is 358 g/mol. The zero-order valence-electron chi connectivity index (χ0n) is 16.3. The van der Waals surface area contributed by atoms with E-state index in [1.165, 1.54) is 0 Å². The Morgan fingerprint density at radius 1 is 1.21 bits per heavy atom. The fraction of sp³-hybridized carbons (Fsp3) is 0.333. The summed E-state index contributed by atoms with van der Waals surface area (Å²) in [5.41, 5.74) is 1.61. The maximum absolute atomic E-state index is 12.2. The topological polar surface area (TPSA) is 88.7 Å². The van der Waals surface area contributed by atoms with Crippen LogP contribution in [0.4, 0.5) is 16.2 Å². The summed E-state index contributed by atoms with van der Waals surface area (Å²) in [6.45, 7) is 4.44. The van der Waals surface area contributed by atoms with Gasteiger partial charge in [-0.1, -0.05) is 12.1 Å². The van der Waals surface area contributed by atoms with Gasteiger partial charge < -0.3 is 25.4 Å². The summed E-state index contributed by atoms with van der Waals surface area (Å²) in [5.74, 6) is 1.27. The quantitative estimate of drug-likeness (QED) is 0.738. The molecule has 0 fully saturated rings. The molecule has 0 saturated carbocycles. The van der Waals surface area contributed by atoms with Gasteiger partial charge >= 0.3 is 6.03 Å². The highest BCUT2D eigenvalue weighted by Crippen LogP contribution is 2.34. The minimum atomic E-state index is -0.620. The van der Waals surface area contributed by atoms with Crippen LogP contribution in [0.25, 0.3) is 0 Å². The number of benzene rings is 2. The molecule has 0 aliphatic carbocycles. The van der Waals surface area contributed by atoms with E-state index in [1.807, 2.05) is 38.1 Å². The summed E-state index contributed by atoms with van der Waals surface area (Å²) in [6, 6.07) is 12.6. The lowest BCUT2D eigenvalue weighted by Gasteiger charge is -2.18. The number of hydrogen-bond donors (Lipinski definition) is 3. The Bertz CT molecular complexity index is 862. The number of rotatable bonds is 5. The first kappa shape index (κ1) is 19.5. The van der Waals surface area contributed by atoms with Crippen LogP contribution in [0.15, 0.2) is 42.5 Å². The Balaban J connectivity index is 1.54. The molecule has 2 aromatic rings. The number of anilines is 2. The molecule has 1 aliphatic rings. The fourth-order valence-electron chi connectivity index (χ4n) is 2.73. The lowest BCUT2D eigenvalue weighted by atomic mass is 9.94. The van der Waals surface area contributed by atoms with E-state index < -0.39 is 5.41 Å². The average molecular weight is 383 g/mol. The third-order valence-electron chi connectivity index (χ3n) is 4.55. The maximum Gasteiger partial charge on any atom is 0.319 e. The number of methoxy groups -OCH3 is 1. The number of ether oxygens (including phenoxy) is 2.